The summed E-state index contributed by atoms with van der Waals surface area (Å²) in [5.74, 6) is 0.303. The van der Waals surface area contributed by atoms with Crippen LogP contribution in [0.1, 0.15) is 19.8 Å². The van der Waals surface area contributed by atoms with Gasteiger partial charge in [-0.15, -0.1) is 0 Å². The van der Waals surface area contributed by atoms with Gasteiger partial charge < -0.3 is 20.3 Å². The first-order valence-corrected chi connectivity index (χ1v) is 10.3. The van der Waals surface area contributed by atoms with Crippen molar-refractivity contribution < 1.29 is 22.7 Å². The third-order valence-corrected chi connectivity index (χ3v) is 5.01. The molecule has 9 nitrogen and oxygen atoms in total. The Bertz CT molecular complexity index is 826. The van der Waals surface area contributed by atoms with Crippen LogP contribution in [-0.4, -0.2) is 56.7 Å². The van der Waals surface area contributed by atoms with Gasteiger partial charge >= 0.3 is 6.03 Å². The molecule has 0 radical (unpaired) electrons. The van der Waals surface area contributed by atoms with Gasteiger partial charge in [-0.1, -0.05) is 0 Å². The van der Waals surface area contributed by atoms with Crippen LogP contribution in [0, 0.1) is 0 Å². The van der Waals surface area contributed by atoms with Crippen LogP contribution in [0.5, 0.6) is 5.75 Å². The van der Waals surface area contributed by atoms with Crippen LogP contribution in [0.3, 0.4) is 0 Å². The third-order valence-electron chi connectivity index (χ3n) is 4.25. The Kier molecular flexibility index (Phi) is 5.05. The Labute approximate surface area is 152 Å². The molecule has 1 fully saturated rings. The number of piperidine rings is 1. The lowest BCUT2D eigenvalue weighted by Crippen LogP contribution is -2.50. The molecule has 0 unspecified atom stereocenters. The number of carbonyl (C=O) groups is 2. The number of anilines is 2. The molecule has 2 heterocycles. The normalized spacial score (nSPS) is 22.8. The summed E-state index contributed by atoms with van der Waals surface area (Å²) < 4.78 is 30.8. The number of hydrogen-bond acceptors (Lipinski definition) is 5. The van der Waals surface area contributed by atoms with Gasteiger partial charge in [0, 0.05) is 24.8 Å². The van der Waals surface area contributed by atoms with E-state index in [1.54, 1.807) is 30.0 Å². The van der Waals surface area contributed by atoms with Crippen molar-refractivity contribution >= 4 is 33.3 Å². The van der Waals surface area contributed by atoms with E-state index < -0.39 is 16.1 Å². The third kappa shape index (κ3) is 4.44. The molecule has 142 valence electrons. The predicted octanol–water partition coefficient (Wildman–Crippen LogP) is 0.952. The summed E-state index contributed by atoms with van der Waals surface area (Å²) >= 11 is 0. The fraction of sp³-hybridized carbons (Fsp3) is 0.500. The van der Waals surface area contributed by atoms with E-state index in [1.807, 2.05) is 0 Å². The summed E-state index contributed by atoms with van der Waals surface area (Å²) in [6, 6.07) is 4.40. The molecule has 0 aromatic heterocycles. The predicted molar refractivity (Wildman–Crippen MR) is 96.8 cm³/mol. The molecule has 1 aromatic carbocycles. The lowest BCUT2D eigenvalue weighted by Gasteiger charge is -2.32. The molecule has 10 heteroatoms. The summed E-state index contributed by atoms with van der Waals surface area (Å²) in [6.07, 6.45) is 1.95. The van der Waals surface area contributed by atoms with E-state index in [-0.39, 0.29) is 18.0 Å². The Morgan fingerprint density at radius 2 is 2.15 bits per heavy atom. The van der Waals surface area contributed by atoms with Crippen LogP contribution < -0.4 is 20.1 Å². The van der Waals surface area contributed by atoms with Crippen LogP contribution in [0.25, 0.3) is 0 Å². The second kappa shape index (κ2) is 7.12. The smallest absolute Gasteiger partial charge is 0.321 e. The molecule has 2 aliphatic heterocycles. The van der Waals surface area contributed by atoms with Gasteiger partial charge in [-0.05, 0) is 38.0 Å². The maximum Gasteiger partial charge on any atom is 0.321 e. The molecular formula is C16H22N4O5S. The van der Waals surface area contributed by atoms with Gasteiger partial charge in [0.15, 0.2) is 6.10 Å². The summed E-state index contributed by atoms with van der Waals surface area (Å²) in [6.45, 7) is 2.52. The number of sulfonamides is 1. The summed E-state index contributed by atoms with van der Waals surface area (Å²) in [5.41, 5.74) is 1.02. The van der Waals surface area contributed by atoms with E-state index in [0.29, 0.717) is 43.1 Å². The maximum atomic E-state index is 12.5. The van der Waals surface area contributed by atoms with Gasteiger partial charge in [-0.3, -0.25) is 4.79 Å². The Balaban J connectivity index is 1.65. The quantitative estimate of drug-likeness (QED) is 0.720. The summed E-state index contributed by atoms with van der Waals surface area (Å²) in [4.78, 5) is 25.8. The largest absolute Gasteiger partial charge is 0.479 e. The number of nitrogens with one attached hydrogen (secondary N) is 3. The second-order valence-corrected chi connectivity index (χ2v) is 8.35. The highest BCUT2D eigenvalue weighted by Crippen LogP contribution is 2.32. The number of ether oxygens (including phenoxy) is 1. The highest BCUT2D eigenvalue weighted by molar-refractivity contribution is 7.88. The molecule has 1 saturated heterocycles. The first-order chi connectivity index (χ1) is 12.2. The minimum absolute atomic E-state index is 0.244. The number of hydrogen-bond donors (Lipinski definition) is 3. The maximum absolute atomic E-state index is 12.5. The number of carbonyl (C=O) groups excluding carboxylic acids is 2. The summed E-state index contributed by atoms with van der Waals surface area (Å²) in [7, 11) is -3.31. The molecule has 3 rings (SSSR count). The van der Waals surface area contributed by atoms with Crippen LogP contribution in [0.2, 0.25) is 0 Å². The van der Waals surface area contributed by atoms with Crippen LogP contribution in [-0.2, 0) is 14.8 Å². The molecule has 26 heavy (non-hydrogen) atoms. The SMILES string of the molecule is C[C@H]1Oc2ccc(NC(=O)N3CCC[C@H](NS(C)(=O)=O)C3)cc2NC1=O. The highest BCUT2D eigenvalue weighted by atomic mass is 32.2. The van der Waals surface area contributed by atoms with Crippen molar-refractivity contribution in [1.29, 1.82) is 0 Å². The molecular weight excluding hydrogens is 360 g/mol. The molecule has 0 bridgehead atoms. The Morgan fingerprint density at radius 1 is 1.38 bits per heavy atom. The van der Waals surface area contributed by atoms with Gasteiger partial charge in [0.25, 0.3) is 5.91 Å². The van der Waals surface area contributed by atoms with Crippen molar-refractivity contribution in [1.82, 2.24) is 9.62 Å². The van der Waals surface area contributed by atoms with E-state index in [0.717, 1.165) is 6.26 Å². The second-order valence-electron chi connectivity index (χ2n) is 6.57. The number of benzene rings is 1. The van der Waals surface area contributed by atoms with E-state index in [9.17, 15) is 18.0 Å². The molecule has 0 spiro atoms. The first kappa shape index (κ1) is 18.5. The van der Waals surface area contributed by atoms with Crippen molar-refractivity contribution in [3.05, 3.63) is 18.2 Å². The first-order valence-electron chi connectivity index (χ1n) is 8.36. The fourth-order valence-electron chi connectivity index (χ4n) is 3.05. The minimum Gasteiger partial charge on any atom is -0.479 e. The van der Waals surface area contributed by atoms with E-state index >= 15 is 0 Å². The number of fused-ring (bicyclic) bond motifs is 1. The Morgan fingerprint density at radius 3 is 2.88 bits per heavy atom. The van der Waals surface area contributed by atoms with Crippen molar-refractivity contribution in [2.75, 3.05) is 30.0 Å². The molecule has 2 aliphatic rings. The van der Waals surface area contributed by atoms with E-state index in [1.165, 1.54) is 0 Å². The fourth-order valence-corrected chi connectivity index (χ4v) is 3.85. The van der Waals surface area contributed by atoms with Gasteiger partial charge in [0.05, 0.1) is 11.9 Å². The molecule has 3 N–H and O–H groups in total. The van der Waals surface area contributed by atoms with E-state index in [4.69, 9.17) is 4.74 Å². The van der Waals surface area contributed by atoms with E-state index in [2.05, 4.69) is 15.4 Å². The van der Waals surface area contributed by atoms with Gasteiger partial charge in [-0.25, -0.2) is 17.9 Å². The van der Waals surface area contributed by atoms with Crippen molar-refractivity contribution in [3.8, 4) is 5.75 Å². The number of likely N-dealkylation sites (tertiary alicyclic amines) is 1. The zero-order chi connectivity index (χ0) is 18.9. The van der Waals surface area contributed by atoms with Gasteiger partial charge in [0.2, 0.25) is 10.0 Å². The molecule has 0 aliphatic carbocycles. The standard InChI is InChI=1S/C16H22N4O5S/c1-10-15(21)18-13-8-11(5-6-14(13)25-10)17-16(22)20-7-3-4-12(9-20)19-26(2,23)24/h5-6,8,10,12,19H,3-4,7,9H2,1-2H3,(H,17,22)(H,18,21)/t10-,12+/m1/s1. The van der Waals surface area contributed by atoms with Crippen molar-refractivity contribution in [2.45, 2.75) is 31.9 Å². The van der Waals surface area contributed by atoms with Crippen molar-refractivity contribution in [3.63, 3.8) is 0 Å². The Hall–Kier alpha value is -2.33. The number of amides is 3. The monoisotopic (exact) mass is 382 g/mol. The van der Waals surface area contributed by atoms with Crippen LogP contribution >= 0.6 is 0 Å². The number of rotatable bonds is 3. The molecule has 3 amide bonds. The average Bonchev–Trinajstić information content (AvgIpc) is 2.55. The molecule has 0 saturated carbocycles. The number of nitrogens with zero attached hydrogens (tertiary/aromatic N) is 1. The van der Waals surface area contributed by atoms with Crippen LogP contribution in [0.4, 0.5) is 16.2 Å². The summed E-state index contributed by atoms with van der Waals surface area (Å²) in [5, 5.41) is 5.50. The highest BCUT2D eigenvalue weighted by Gasteiger charge is 2.27. The molecule has 2 atom stereocenters. The van der Waals surface area contributed by atoms with Crippen LogP contribution in [0.15, 0.2) is 18.2 Å². The van der Waals surface area contributed by atoms with Gasteiger partial charge in [-0.2, -0.15) is 0 Å². The van der Waals surface area contributed by atoms with Crippen molar-refractivity contribution in [2.24, 2.45) is 0 Å². The molecule has 1 aromatic rings. The minimum atomic E-state index is -3.31. The number of urea groups is 1. The topological polar surface area (TPSA) is 117 Å². The average molecular weight is 382 g/mol. The van der Waals surface area contributed by atoms with Gasteiger partial charge in [0.1, 0.15) is 5.75 Å². The lowest BCUT2D eigenvalue weighted by atomic mass is 10.1. The zero-order valence-electron chi connectivity index (χ0n) is 14.6. The zero-order valence-corrected chi connectivity index (χ0v) is 15.4. The lowest BCUT2D eigenvalue weighted by molar-refractivity contribution is -0.122.